The minimum Gasteiger partial charge on any atom is -0.308 e. The molecule has 3 aromatic rings. The molecule has 30 heavy (non-hydrogen) atoms. The van der Waals surface area contributed by atoms with Gasteiger partial charge in [-0.05, 0) is 36.6 Å². The van der Waals surface area contributed by atoms with Gasteiger partial charge in [-0.2, -0.15) is 5.26 Å². The van der Waals surface area contributed by atoms with Crippen molar-refractivity contribution >= 4 is 34.2 Å². The van der Waals surface area contributed by atoms with Crippen molar-refractivity contribution < 1.29 is 4.79 Å². The Morgan fingerprint density at radius 2 is 1.87 bits per heavy atom. The Morgan fingerprint density at radius 1 is 1.20 bits per heavy atom. The normalized spacial score (nSPS) is 12.0. The number of nitrogens with one attached hydrogen (secondary N) is 1. The fourth-order valence-corrected chi connectivity index (χ4v) is 4.14. The molecule has 152 valence electrons. The van der Waals surface area contributed by atoms with E-state index in [-0.39, 0.29) is 28.7 Å². The van der Waals surface area contributed by atoms with Crippen LogP contribution in [0.1, 0.15) is 32.3 Å². The second-order valence-electron chi connectivity index (χ2n) is 7.27. The lowest BCUT2D eigenvalue weighted by Gasteiger charge is -2.18. The average Bonchev–Trinajstić information content (AvgIpc) is 2.72. The SMILES string of the molecule is CC(=N)[C@H](C#N)C(=O)CSc1nc2ccccc2c(=O)n1-c1ccccc1C(C)C. The minimum atomic E-state index is -1.08. The van der Waals surface area contributed by atoms with E-state index in [1.54, 1.807) is 22.8 Å². The zero-order valence-corrected chi connectivity index (χ0v) is 17.9. The van der Waals surface area contributed by atoms with Crippen LogP contribution in [0.4, 0.5) is 0 Å². The molecule has 7 heteroatoms. The molecule has 2 aromatic carbocycles. The van der Waals surface area contributed by atoms with E-state index in [2.05, 4.69) is 18.8 Å². The summed E-state index contributed by atoms with van der Waals surface area (Å²) in [7, 11) is 0. The van der Waals surface area contributed by atoms with E-state index in [9.17, 15) is 14.9 Å². The van der Waals surface area contributed by atoms with Crippen molar-refractivity contribution in [3.8, 4) is 11.8 Å². The van der Waals surface area contributed by atoms with Crippen molar-refractivity contribution in [2.75, 3.05) is 5.75 Å². The van der Waals surface area contributed by atoms with Gasteiger partial charge in [-0.1, -0.05) is 55.9 Å². The van der Waals surface area contributed by atoms with Crippen molar-refractivity contribution in [1.29, 1.82) is 10.7 Å². The molecule has 0 amide bonds. The van der Waals surface area contributed by atoms with Crippen LogP contribution in [0.3, 0.4) is 0 Å². The van der Waals surface area contributed by atoms with Crippen LogP contribution in [-0.4, -0.2) is 26.8 Å². The molecule has 0 radical (unpaired) electrons. The highest BCUT2D eigenvalue weighted by atomic mass is 32.2. The molecule has 1 heterocycles. The first-order valence-corrected chi connectivity index (χ1v) is 10.5. The summed E-state index contributed by atoms with van der Waals surface area (Å²) in [5.74, 6) is -1.33. The molecule has 0 fully saturated rings. The van der Waals surface area contributed by atoms with Gasteiger partial charge in [0.1, 0.15) is 5.92 Å². The molecule has 0 saturated carbocycles. The zero-order chi connectivity index (χ0) is 21.8. The van der Waals surface area contributed by atoms with Crippen molar-refractivity contribution in [2.24, 2.45) is 5.92 Å². The maximum atomic E-state index is 13.4. The van der Waals surface area contributed by atoms with Gasteiger partial charge >= 0.3 is 0 Å². The lowest BCUT2D eigenvalue weighted by molar-refractivity contribution is -0.117. The number of ketones is 1. The largest absolute Gasteiger partial charge is 0.308 e. The lowest BCUT2D eigenvalue weighted by Crippen LogP contribution is -2.25. The maximum absolute atomic E-state index is 13.4. The summed E-state index contributed by atoms with van der Waals surface area (Å²) in [4.78, 5) is 30.5. The van der Waals surface area contributed by atoms with Gasteiger partial charge < -0.3 is 5.41 Å². The summed E-state index contributed by atoms with van der Waals surface area (Å²) in [5.41, 5.74) is 2.08. The van der Waals surface area contributed by atoms with Crippen LogP contribution in [0.15, 0.2) is 58.5 Å². The molecule has 0 spiro atoms. The molecular weight excluding hydrogens is 396 g/mol. The number of hydrogen-bond acceptors (Lipinski definition) is 6. The number of nitriles is 1. The highest BCUT2D eigenvalue weighted by molar-refractivity contribution is 7.99. The second kappa shape index (κ2) is 9.06. The molecule has 0 saturated heterocycles. The number of hydrogen-bond donors (Lipinski definition) is 1. The first kappa shape index (κ1) is 21.5. The number of aromatic nitrogens is 2. The van der Waals surface area contributed by atoms with Crippen LogP contribution in [-0.2, 0) is 4.79 Å². The van der Waals surface area contributed by atoms with E-state index >= 15 is 0 Å². The predicted molar refractivity (Wildman–Crippen MR) is 120 cm³/mol. The summed E-state index contributed by atoms with van der Waals surface area (Å²) in [6, 6.07) is 16.6. The molecule has 0 bridgehead atoms. The summed E-state index contributed by atoms with van der Waals surface area (Å²) in [6.45, 7) is 5.55. The topological polar surface area (TPSA) is 99.6 Å². The van der Waals surface area contributed by atoms with Crippen LogP contribution in [0, 0.1) is 22.7 Å². The van der Waals surface area contributed by atoms with E-state index in [4.69, 9.17) is 5.41 Å². The number of carbonyl (C=O) groups excluding carboxylic acids is 1. The maximum Gasteiger partial charge on any atom is 0.266 e. The number of rotatable bonds is 7. The van der Waals surface area contributed by atoms with Gasteiger partial charge in [-0.15, -0.1) is 0 Å². The molecule has 1 N–H and O–H groups in total. The quantitative estimate of drug-likeness (QED) is 0.349. The fraction of sp³-hybridized carbons (Fsp3) is 0.261. The molecule has 0 unspecified atom stereocenters. The van der Waals surface area contributed by atoms with Gasteiger partial charge in [-0.25, -0.2) is 4.98 Å². The fourth-order valence-electron chi connectivity index (χ4n) is 3.23. The van der Waals surface area contributed by atoms with E-state index in [0.29, 0.717) is 16.1 Å². The molecule has 1 aromatic heterocycles. The predicted octanol–water partition coefficient (Wildman–Crippen LogP) is 4.35. The van der Waals surface area contributed by atoms with E-state index in [1.165, 1.54) is 6.92 Å². The van der Waals surface area contributed by atoms with Gasteiger partial charge in [0.15, 0.2) is 10.9 Å². The van der Waals surface area contributed by atoms with Gasteiger partial charge in [0.2, 0.25) is 0 Å². The van der Waals surface area contributed by atoms with E-state index in [1.807, 2.05) is 36.4 Å². The van der Waals surface area contributed by atoms with E-state index in [0.717, 1.165) is 23.0 Å². The number of benzene rings is 2. The summed E-state index contributed by atoms with van der Waals surface area (Å²) >= 11 is 1.12. The first-order valence-electron chi connectivity index (χ1n) is 9.56. The minimum absolute atomic E-state index is 0.0112. The second-order valence-corrected chi connectivity index (χ2v) is 8.21. The Hall–Kier alpha value is -3.24. The molecule has 0 aliphatic rings. The van der Waals surface area contributed by atoms with Gasteiger partial charge in [0.05, 0.1) is 28.4 Å². The van der Waals surface area contributed by atoms with Crippen LogP contribution < -0.4 is 5.56 Å². The third kappa shape index (κ3) is 4.19. The van der Waals surface area contributed by atoms with Crippen molar-refractivity contribution in [2.45, 2.75) is 31.8 Å². The third-order valence-corrected chi connectivity index (χ3v) is 5.73. The summed E-state index contributed by atoms with van der Waals surface area (Å²) in [6.07, 6.45) is 0. The van der Waals surface area contributed by atoms with Crippen molar-refractivity contribution in [3.63, 3.8) is 0 Å². The van der Waals surface area contributed by atoms with Crippen LogP contribution in [0.25, 0.3) is 16.6 Å². The number of fused-ring (bicyclic) bond motifs is 1. The van der Waals surface area contributed by atoms with Gasteiger partial charge in [-0.3, -0.25) is 14.2 Å². The summed E-state index contributed by atoms with van der Waals surface area (Å²) < 4.78 is 1.55. The van der Waals surface area contributed by atoms with E-state index < -0.39 is 5.92 Å². The highest BCUT2D eigenvalue weighted by Crippen LogP contribution is 2.27. The Bertz CT molecular complexity index is 1220. The number of Topliss-reactive ketones (excluding diaryl/α,β-unsaturated/α-hetero) is 1. The monoisotopic (exact) mass is 418 g/mol. The first-order chi connectivity index (χ1) is 14.3. The van der Waals surface area contributed by atoms with Crippen molar-refractivity contribution in [3.05, 3.63) is 64.4 Å². The Balaban J connectivity index is 2.16. The molecule has 6 nitrogen and oxygen atoms in total. The highest BCUT2D eigenvalue weighted by Gasteiger charge is 2.22. The van der Waals surface area contributed by atoms with Crippen LogP contribution in [0.5, 0.6) is 0 Å². The molecular formula is C23H22N4O2S. The third-order valence-electron chi connectivity index (χ3n) is 4.77. The number of para-hydroxylation sites is 2. The van der Waals surface area contributed by atoms with Crippen molar-refractivity contribution in [1.82, 2.24) is 9.55 Å². The number of thioether (sulfide) groups is 1. The molecule has 1 atom stereocenters. The molecule has 3 rings (SSSR count). The number of carbonyl (C=O) groups is 1. The van der Waals surface area contributed by atoms with Gasteiger partial charge in [0, 0.05) is 5.71 Å². The Morgan fingerprint density at radius 3 is 2.53 bits per heavy atom. The summed E-state index contributed by atoms with van der Waals surface area (Å²) in [5, 5.41) is 17.7. The average molecular weight is 419 g/mol. The Labute approximate surface area is 179 Å². The van der Waals surface area contributed by atoms with Crippen LogP contribution >= 0.6 is 11.8 Å². The molecule has 0 aliphatic carbocycles. The van der Waals surface area contributed by atoms with Gasteiger partial charge in [0.25, 0.3) is 5.56 Å². The smallest absolute Gasteiger partial charge is 0.266 e. The zero-order valence-electron chi connectivity index (χ0n) is 17.0. The van der Waals surface area contributed by atoms with Crippen LogP contribution in [0.2, 0.25) is 0 Å². The lowest BCUT2D eigenvalue weighted by atomic mass is 10.0. The standard InChI is InChI=1S/C23H22N4O2S/c1-14(2)16-8-5-7-11-20(16)27-22(29)17-9-4-6-10-19(17)26-23(27)30-13-21(28)18(12-24)15(3)25/h4-11,14,18,25H,13H2,1-3H3/t18-/m0/s1. The number of nitrogens with zero attached hydrogens (tertiary/aromatic N) is 3. The Kier molecular flexibility index (Phi) is 6.48. The molecule has 0 aliphatic heterocycles.